The fourth-order valence-corrected chi connectivity index (χ4v) is 2.55. The predicted molar refractivity (Wildman–Crippen MR) is 70.9 cm³/mol. The number of rotatable bonds is 2. The van der Waals surface area contributed by atoms with Crippen LogP contribution in [0, 0.1) is 17.7 Å². The molecule has 1 amide bonds. The maximum atomic E-state index is 13.6. The molecule has 116 valence electrons. The molecule has 1 aliphatic carbocycles. The van der Waals surface area contributed by atoms with Gasteiger partial charge in [-0.2, -0.15) is 13.2 Å². The van der Waals surface area contributed by atoms with Crippen LogP contribution in [0.5, 0.6) is 0 Å². The smallest absolute Gasteiger partial charge is 0.391 e. The SMILES string of the molecule is Nc1ccc(NC(=O)C2CCC(C(F)(F)F)CC2)c(F)c1. The summed E-state index contributed by atoms with van der Waals surface area (Å²) in [5, 5.41) is 2.41. The van der Waals surface area contributed by atoms with Crippen molar-refractivity contribution < 1.29 is 22.4 Å². The lowest BCUT2D eigenvalue weighted by Gasteiger charge is -2.29. The minimum atomic E-state index is -4.20. The second kappa shape index (κ2) is 5.91. The minimum absolute atomic E-state index is 0.00727. The molecular weight excluding hydrogens is 288 g/mol. The van der Waals surface area contributed by atoms with E-state index >= 15 is 0 Å². The first-order valence-electron chi connectivity index (χ1n) is 6.70. The van der Waals surface area contributed by atoms with Crippen LogP contribution in [0.15, 0.2) is 18.2 Å². The lowest BCUT2D eigenvalue weighted by Crippen LogP contribution is -2.32. The zero-order valence-corrected chi connectivity index (χ0v) is 11.2. The third-order valence-electron chi connectivity index (χ3n) is 3.81. The number of nitrogen functional groups attached to an aromatic ring is 1. The van der Waals surface area contributed by atoms with Gasteiger partial charge in [0.2, 0.25) is 5.91 Å². The zero-order chi connectivity index (χ0) is 15.6. The van der Waals surface area contributed by atoms with E-state index < -0.39 is 29.7 Å². The molecule has 0 heterocycles. The highest BCUT2D eigenvalue weighted by molar-refractivity contribution is 5.92. The first-order chi connectivity index (χ1) is 9.77. The molecule has 1 fully saturated rings. The van der Waals surface area contributed by atoms with Gasteiger partial charge in [-0.05, 0) is 43.9 Å². The molecule has 0 saturated heterocycles. The van der Waals surface area contributed by atoms with Gasteiger partial charge in [0, 0.05) is 11.6 Å². The van der Waals surface area contributed by atoms with Crippen LogP contribution in [-0.2, 0) is 4.79 Å². The standard InChI is InChI=1S/C14H16F4N2O/c15-11-7-10(19)5-6-12(11)20-13(21)8-1-3-9(4-2-8)14(16,17)18/h5-9H,1-4,19H2,(H,20,21). The summed E-state index contributed by atoms with van der Waals surface area (Å²) in [6, 6.07) is 3.86. The molecule has 7 heteroatoms. The molecule has 0 atom stereocenters. The molecule has 1 aromatic rings. The normalized spacial score (nSPS) is 22.9. The zero-order valence-electron chi connectivity index (χ0n) is 11.2. The van der Waals surface area contributed by atoms with Crippen LogP contribution in [-0.4, -0.2) is 12.1 Å². The molecule has 0 spiro atoms. The highest BCUT2D eigenvalue weighted by Crippen LogP contribution is 2.39. The average molecular weight is 304 g/mol. The Hall–Kier alpha value is -1.79. The number of nitrogens with two attached hydrogens (primary N) is 1. The molecule has 1 aliphatic rings. The number of hydrogen-bond acceptors (Lipinski definition) is 2. The van der Waals surface area contributed by atoms with Gasteiger partial charge in [0.1, 0.15) is 5.82 Å². The number of halogens is 4. The number of benzene rings is 1. The number of anilines is 2. The molecule has 1 aromatic carbocycles. The van der Waals surface area contributed by atoms with Crippen molar-refractivity contribution in [1.29, 1.82) is 0 Å². The summed E-state index contributed by atoms with van der Waals surface area (Å²) in [6.45, 7) is 0. The van der Waals surface area contributed by atoms with Crippen molar-refractivity contribution in [2.75, 3.05) is 11.1 Å². The fourth-order valence-electron chi connectivity index (χ4n) is 2.55. The second-order valence-electron chi connectivity index (χ2n) is 5.32. The van der Waals surface area contributed by atoms with Gasteiger partial charge in [0.05, 0.1) is 11.6 Å². The molecule has 21 heavy (non-hydrogen) atoms. The van der Waals surface area contributed by atoms with E-state index in [4.69, 9.17) is 5.73 Å². The number of alkyl halides is 3. The predicted octanol–water partition coefficient (Wildman–Crippen LogP) is 3.72. The van der Waals surface area contributed by atoms with Crippen molar-refractivity contribution in [1.82, 2.24) is 0 Å². The molecule has 0 aliphatic heterocycles. The Bertz CT molecular complexity index is 522. The third kappa shape index (κ3) is 3.86. The average Bonchev–Trinajstić information content (AvgIpc) is 2.41. The third-order valence-corrected chi connectivity index (χ3v) is 3.81. The van der Waals surface area contributed by atoms with Crippen LogP contribution < -0.4 is 11.1 Å². The summed E-state index contributed by atoms with van der Waals surface area (Å²) in [4.78, 5) is 12.0. The molecule has 2 rings (SSSR count). The summed E-state index contributed by atoms with van der Waals surface area (Å²) in [5.74, 6) is -2.96. The minimum Gasteiger partial charge on any atom is -0.399 e. The van der Waals surface area contributed by atoms with E-state index in [0.29, 0.717) is 0 Å². The van der Waals surface area contributed by atoms with Crippen LogP contribution in [0.4, 0.5) is 28.9 Å². The molecule has 0 bridgehead atoms. The quantitative estimate of drug-likeness (QED) is 0.646. The Kier molecular flexibility index (Phi) is 4.39. The van der Waals surface area contributed by atoms with Gasteiger partial charge in [0.15, 0.2) is 0 Å². The molecule has 1 saturated carbocycles. The lowest BCUT2D eigenvalue weighted by atomic mass is 9.81. The van der Waals surface area contributed by atoms with Gasteiger partial charge in [0.25, 0.3) is 0 Å². The molecule has 3 nitrogen and oxygen atoms in total. The topological polar surface area (TPSA) is 55.1 Å². The number of hydrogen-bond donors (Lipinski definition) is 2. The maximum absolute atomic E-state index is 13.6. The van der Waals surface area contributed by atoms with Crippen molar-refractivity contribution in [3.05, 3.63) is 24.0 Å². The summed E-state index contributed by atoms with van der Waals surface area (Å²) in [6.07, 6.45) is -4.01. The van der Waals surface area contributed by atoms with Gasteiger partial charge >= 0.3 is 6.18 Å². The Morgan fingerprint density at radius 2 is 1.81 bits per heavy atom. The summed E-state index contributed by atoms with van der Waals surface area (Å²) in [7, 11) is 0. The van der Waals surface area contributed by atoms with Gasteiger partial charge in [-0.25, -0.2) is 4.39 Å². The maximum Gasteiger partial charge on any atom is 0.391 e. The molecule has 3 N–H and O–H groups in total. The van der Waals surface area contributed by atoms with Gasteiger partial charge in [-0.3, -0.25) is 4.79 Å². The van der Waals surface area contributed by atoms with E-state index in [1.807, 2.05) is 0 Å². The first-order valence-corrected chi connectivity index (χ1v) is 6.70. The Labute approximate surface area is 119 Å². The number of amides is 1. The van der Waals surface area contributed by atoms with Crippen LogP contribution in [0.2, 0.25) is 0 Å². The largest absolute Gasteiger partial charge is 0.399 e. The van der Waals surface area contributed by atoms with Crippen molar-refractivity contribution >= 4 is 17.3 Å². The van der Waals surface area contributed by atoms with Gasteiger partial charge < -0.3 is 11.1 Å². The molecule has 0 aromatic heterocycles. The van der Waals surface area contributed by atoms with E-state index in [9.17, 15) is 22.4 Å². The Balaban J connectivity index is 1.93. The monoisotopic (exact) mass is 304 g/mol. The highest BCUT2D eigenvalue weighted by atomic mass is 19.4. The molecular formula is C14H16F4N2O. The number of carbonyl (C=O) groups excluding carboxylic acids is 1. The Morgan fingerprint density at radius 1 is 1.19 bits per heavy atom. The first kappa shape index (κ1) is 15.6. The molecule has 0 unspecified atom stereocenters. The van der Waals surface area contributed by atoms with E-state index in [2.05, 4.69) is 5.32 Å². The second-order valence-corrected chi connectivity index (χ2v) is 5.32. The van der Waals surface area contributed by atoms with Crippen molar-refractivity contribution in [2.45, 2.75) is 31.9 Å². The summed E-state index contributed by atoms with van der Waals surface area (Å²) < 4.78 is 51.2. The van der Waals surface area contributed by atoms with Crippen molar-refractivity contribution in [3.63, 3.8) is 0 Å². The molecule has 0 radical (unpaired) electrons. The fraction of sp³-hybridized carbons (Fsp3) is 0.500. The van der Waals surface area contributed by atoms with Crippen LogP contribution in [0.3, 0.4) is 0 Å². The number of nitrogens with one attached hydrogen (secondary N) is 1. The highest BCUT2D eigenvalue weighted by Gasteiger charge is 2.42. The van der Waals surface area contributed by atoms with Crippen molar-refractivity contribution in [3.8, 4) is 0 Å². The van der Waals surface area contributed by atoms with E-state index in [1.54, 1.807) is 0 Å². The summed E-state index contributed by atoms with van der Waals surface area (Å²) >= 11 is 0. The Morgan fingerprint density at radius 3 is 2.33 bits per heavy atom. The van der Waals surface area contributed by atoms with E-state index in [-0.39, 0.29) is 37.1 Å². The van der Waals surface area contributed by atoms with E-state index in [0.717, 1.165) is 6.07 Å². The van der Waals surface area contributed by atoms with Gasteiger partial charge in [-0.1, -0.05) is 0 Å². The van der Waals surface area contributed by atoms with Crippen LogP contribution >= 0.6 is 0 Å². The van der Waals surface area contributed by atoms with Crippen LogP contribution in [0.25, 0.3) is 0 Å². The summed E-state index contributed by atoms with van der Waals surface area (Å²) in [5.41, 5.74) is 5.62. The van der Waals surface area contributed by atoms with Gasteiger partial charge in [-0.15, -0.1) is 0 Å². The lowest BCUT2D eigenvalue weighted by molar-refractivity contribution is -0.184. The number of carbonyl (C=O) groups is 1. The van der Waals surface area contributed by atoms with E-state index in [1.165, 1.54) is 12.1 Å². The van der Waals surface area contributed by atoms with Crippen LogP contribution in [0.1, 0.15) is 25.7 Å². The van der Waals surface area contributed by atoms with Crippen molar-refractivity contribution in [2.24, 2.45) is 11.8 Å².